The van der Waals surface area contributed by atoms with Gasteiger partial charge in [-0.15, -0.1) is 0 Å². The van der Waals surface area contributed by atoms with E-state index in [2.05, 4.69) is 5.32 Å². The van der Waals surface area contributed by atoms with Gasteiger partial charge in [0.1, 0.15) is 0 Å². The number of halogens is 3. The second kappa shape index (κ2) is 2.88. The summed E-state index contributed by atoms with van der Waals surface area (Å²) in [5.41, 5.74) is 5.87. The highest BCUT2D eigenvalue weighted by atomic mass is 19.4. The van der Waals surface area contributed by atoms with E-state index in [1.54, 1.807) is 0 Å². The monoisotopic (exact) mass is 202 g/mol. The Kier molecular flexibility index (Phi) is 1.92. The lowest BCUT2D eigenvalue weighted by atomic mass is 10.1. The molecule has 3 N–H and O–H groups in total. The van der Waals surface area contributed by atoms with Crippen LogP contribution < -0.4 is 11.1 Å². The summed E-state index contributed by atoms with van der Waals surface area (Å²) >= 11 is 0. The highest BCUT2D eigenvalue weighted by Crippen LogP contribution is 2.34. The number of rotatable bonds is 1. The minimum atomic E-state index is -4.29. The van der Waals surface area contributed by atoms with Gasteiger partial charge >= 0.3 is 6.18 Å². The van der Waals surface area contributed by atoms with Gasteiger partial charge in [0.15, 0.2) is 0 Å². The first kappa shape index (κ1) is 9.33. The van der Waals surface area contributed by atoms with Gasteiger partial charge in [0.25, 0.3) is 0 Å². The van der Waals surface area contributed by atoms with Crippen LogP contribution in [0.4, 0.5) is 18.9 Å². The number of hydrogen-bond acceptors (Lipinski definition) is 2. The van der Waals surface area contributed by atoms with E-state index in [4.69, 9.17) is 5.73 Å². The molecule has 0 amide bonds. The molecule has 0 aromatic heterocycles. The number of anilines is 1. The quantitative estimate of drug-likeness (QED) is 0.540. The molecule has 1 aromatic rings. The van der Waals surface area contributed by atoms with Gasteiger partial charge in [-0.3, -0.25) is 0 Å². The molecule has 1 fully saturated rings. The first-order chi connectivity index (χ1) is 6.48. The van der Waals surface area contributed by atoms with Crippen LogP contribution in [0.5, 0.6) is 0 Å². The van der Waals surface area contributed by atoms with Crippen LogP contribution in [-0.4, -0.2) is 6.54 Å². The molecule has 0 radical (unpaired) electrons. The molecule has 1 aliphatic heterocycles. The van der Waals surface area contributed by atoms with E-state index in [1.165, 1.54) is 6.07 Å². The Hall–Kier alpha value is -1.23. The standard InChI is InChI=1S/C9H9F3N2/c10-9(11,12)5-1-2-7(13)6(3-5)8-4-14-8/h1-3,8,14H,4,13H2. The van der Waals surface area contributed by atoms with Crippen molar-refractivity contribution in [2.75, 3.05) is 12.3 Å². The summed E-state index contributed by atoms with van der Waals surface area (Å²) in [5.74, 6) is 0. The zero-order chi connectivity index (χ0) is 10.3. The molecule has 0 saturated carbocycles. The third-order valence-corrected chi connectivity index (χ3v) is 2.20. The molecule has 2 nitrogen and oxygen atoms in total. The smallest absolute Gasteiger partial charge is 0.398 e. The summed E-state index contributed by atoms with van der Waals surface area (Å²) in [6.07, 6.45) is -4.29. The predicted octanol–water partition coefficient (Wildman–Crippen LogP) is 1.93. The van der Waals surface area contributed by atoms with Crippen molar-refractivity contribution in [3.05, 3.63) is 29.3 Å². The Morgan fingerprint density at radius 1 is 1.36 bits per heavy atom. The fourth-order valence-corrected chi connectivity index (χ4v) is 1.33. The molecule has 1 saturated heterocycles. The van der Waals surface area contributed by atoms with Gasteiger partial charge in [-0.1, -0.05) is 0 Å². The van der Waals surface area contributed by atoms with Gasteiger partial charge in [0.2, 0.25) is 0 Å². The number of nitrogens with one attached hydrogen (secondary N) is 1. The Morgan fingerprint density at radius 2 is 2.00 bits per heavy atom. The highest BCUT2D eigenvalue weighted by Gasteiger charge is 2.33. The summed E-state index contributed by atoms with van der Waals surface area (Å²) in [5, 5.41) is 2.92. The van der Waals surface area contributed by atoms with Crippen molar-refractivity contribution < 1.29 is 13.2 Å². The first-order valence-electron chi connectivity index (χ1n) is 4.18. The van der Waals surface area contributed by atoms with Gasteiger partial charge in [0.05, 0.1) is 5.56 Å². The molecule has 0 bridgehead atoms. The van der Waals surface area contributed by atoms with Crippen molar-refractivity contribution >= 4 is 5.69 Å². The lowest BCUT2D eigenvalue weighted by molar-refractivity contribution is -0.137. The summed E-state index contributed by atoms with van der Waals surface area (Å²) in [6.45, 7) is 0.700. The molecule has 1 unspecified atom stereocenters. The third kappa shape index (κ3) is 1.68. The van der Waals surface area contributed by atoms with Gasteiger partial charge in [-0.2, -0.15) is 13.2 Å². The van der Waals surface area contributed by atoms with E-state index < -0.39 is 11.7 Å². The van der Waals surface area contributed by atoms with E-state index in [0.29, 0.717) is 17.8 Å². The molecule has 0 aliphatic carbocycles. The van der Waals surface area contributed by atoms with Crippen molar-refractivity contribution in [3.63, 3.8) is 0 Å². The molecular formula is C9H9F3N2. The van der Waals surface area contributed by atoms with Crippen LogP contribution in [0.15, 0.2) is 18.2 Å². The highest BCUT2D eigenvalue weighted by molar-refractivity contribution is 5.52. The molecule has 2 rings (SSSR count). The fourth-order valence-electron chi connectivity index (χ4n) is 1.33. The Labute approximate surface area is 78.9 Å². The van der Waals surface area contributed by atoms with E-state index in [1.807, 2.05) is 0 Å². The van der Waals surface area contributed by atoms with Crippen LogP contribution in [0.2, 0.25) is 0 Å². The largest absolute Gasteiger partial charge is 0.416 e. The summed E-state index contributed by atoms with van der Waals surface area (Å²) in [7, 11) is 0. The predicted molar refractivity (Wildman–Crippen MR) is 46.6 cm³/mol. The van der Waals surface area contributed by atoms with Crippen molar-refractivity contribution in [1.29, 1.82) is 0 Å². The number of hydrogen-bond donors (Lipinski definition) is 2. The van der Waals surface area contributed by atoms with E-state index >= 15 is 0 Å². The SMILES string of the molecule is Nc1ccc(C(F)(F)F)cc1C1CN1. The van der Waals surface area contributed by atoms with Crippen LogP contribution in [0, 0.1) is 0 Å². The molecule has 1 aromatic carbocycles. The zero-order valence-corrected chi connectivity index (χ0v) is 7.23. The maximum atomic E-state index is 12.3. The van der Waals surface area contributed by atoms with Crippen LogP contribution in [0.25, 0.3) is 0 Å². The second-order valence-corrected chi connectivity index (χ2v) is 3.30. The minimum Gasteiger partial charge on any atom is -0.398 e. The molecular weight excluding hydrogens is 193 g/mol. The van der Waals surface area contributed by atoms with Crippen molar-refractivity contribution in [1.82, 2.24) is 5.32 Å². The van der Waals surface area contributed by atoms with Crippen LogP contribution in [0.1, 0.15) is 17.2 Å². The van der Waals surface area contributed by atoms with E-state index in [-0.39, 0.29) is 6.04 Å². The Balaban J connectivity index is 2.40. The summed E-state index contributed by atoms with van der Waals surface area (Å²) in [4.78, 5) is 0. The topological polar surface area (TPSA) is 48.0 Å². The molecule has 14 heavy (non-hydrogen) atoms. The van der Waals surface area contributed by atoms with Gasteiger partial charge in [0, 0.05) is 18.3 Å². The third-order valence-electron chi connectivity index (χ3n) is 2.20. The van der Waals surface area contributed by atoms with Crippen LogP contribution in [0.3, 0.4) is 0 Å². The molecule has 76 valence electrons. The molecule has 0 spiro atoms. The first-order valence-corrected chi connectivity index (χ1v) is 4.18. The minimum absolute atomic E-state index is 0.00250. The van der Waals surface area contributed by atoms with Gasteiger partial charge in [-0.25, -0.2) is 0 Å². The van der Waals surface area contributed by atoms with Gasteiger partial charge < -0.3 is 11.1 Å². The van der Waals surface area contributed by atoms with Crippen LogP contribution >= 0.6 is 0 Å². The average molecular weight is 202 g/mol. The lowest BCUT2D eigenvalue weighted by Crippen LogP contribution is -2.06. The number of benzene rings is 1. The fraction of sp³-hybridized carbons (Fsp3) is 0.333. The number of alkyl halides is 3. The van der Waals surface area contributed by atoms with Crippen molar-refractivity contribution in [3.8, 4) is 0 Å². The molecule has 1 aliphatic rings. The van der Waals surface area contributed by atoms with Crippen molar-refractivity contribution in [2.45, 2.75) is 12.2 Å². The molecule has 1 atom stereocenters. The Morgan fingerprint density at radius 3 is 2.50 bits per heavy atom. The van der Waals surface area contributed by atoms with Gasteiger partial charge in [-0.05, 0) is 23.8 Å². The lowest BCUT2D eigenvalue weighted by Gasteiger charge is -2.09. The average Bonchev–Trinajstić information content (AvgIpc) is 2.85. The maximum absolute atomic E-state index is 12.3. The molecule has 5 heteroatoms. The summed E-state index contributed by atoms with van der Waals surface area (Å²) < 4.78 is 37.0. The van der Waals surface area contributed by atoms with Crippen LogP contribution in [-0.2, 0) is 6.18 Å². The summed E-state index contributed by atoms with van der Waals surface area (Å²) in [6, 6.07) is 3.41. The molecule has 1 heterocycles. The number of nitrogens with two attached hydrogens (primary N) is 1. The van der Waals surface area contributed by atoms with Crippen molar-refractivity contribution in [2.24, 2.45) is 0 Å². The second-order valence-electron chi connectivity index (χ2n) is 3.30. The Bertz CT molecular complexity index is 356. The zero-order valence-electron chi connectivity index (χ0n) is 7.23. The normalized spacial score (nSPS) is 20.9. The van der Waals surface area contributed by atoms with E-state index in [0.717, 1.165) is 12.1 Å². The maximum Gasteiger partial charge on any atom is 0.416 e. The van der Waals surface area contributed by atoms with E-state index in [9.17, 15) is 13.2 Å². The number of nitrogen functional groups attached to an aromatic ring is 1.